The molecule has 0 aliphatic heterocycles. The van der Waals surface area contributed by atoms with Crippen molar-refractivity contribution in [1.29, 1.82) is 0 Å². The molecule has 3 aromatic heterocycles. The summed E-state index contributed by atoms with van der Waals surface area (Å²) >= 11 is 0. The Bertz CT molecular complexity index is 3650. The fourth-order valence-electron chi connectivity index (χ4n) is 9.76. The maximum atomic E-state index is 5.52. The molecule has 3 heterocycles. The minimum absolute atomic E-state index is 0.660. The van der Waals surface area contributed by atoms with Crippen molar-refractivity contribution in [1.82, 2.24) is 19.1 Å². The summed E-state index contributed by atoms with van der Waals surface area (Å²) in [5.41, 5.74) is 16.1. The molecular weight excluding hydrogens is 705 g/mol. The topological polar surface area (TPSA) is 35.6 Å². The van der Waals surface area contributed by atoms with Gasteiger partial charge in [-0.1, -0.05) is 146 Å². The molecule has 0 fully saturated rings. The van der Waals surface area contributed by atoms with Crippen molar-refractivity contribution in [2.45, 2.75) is 0 Å². The maximum Gasteiger partial charge on any atom is 0.235 e. The monoisotopic (exact) mass is 736 g/mol. The van der Waals surface area contributed by atoms with Crippen LogP contribution in [0, 0.1) is 0 Å². The van der Waals surface area contributed by atoms with Crippen LogP contribution in [-0.4, -0.2) is 19.1 Å². The first-order valence-corrected chi connectivity index (χ1v) is 19.8. The lowest BCUT2D eigenvalue weighted by Gasteiger charge is -2.14. The molecule has 0 N–H and O–H groups in total. The van der Waals surface area contributed by atoms with Crippen LogP contribution in [-0.2, 0) is 0 Å². The highest BCUT2D eigenvalue weighted by Gasteiger charge is 2.24. The minimum atomic E-state index is 0.660. The van der Waals surface area contributed by atoms with E-state index in [1.54, 1.807) is 0 Å². The summed E-state index contributed by atoms with van der Waals surface area (Å²) in [6.45, 7) is 0. The molecule has 0 unspecified atom stereocenters. The average Bonchev–Trinajstić information content (AvgIpc) is 3.92. The zero-order valence-corrected chi connectivity index (χ0v) is 31.3. The Morgan fingerprint density at radius 1 is 0.310 bits per heavy atom. The molecule has 12 aromatic rings. The van der Waals surface area contributed by atoms with E-state index in [0.29, 0.717) is 5.95 Å². The van der Waals surface area contributed by atoms with E-state index in [4.69, 9.17) is 9.97 Å². The number of para-hydroxylation sites is 4. The summed E-state index contributed by atoms with van der Waals surface area (Å²) in [5.74, 6) is 0.660. The van der Waals surface area contributed by atoms with Gasteiger partial charge < -0.3 is 4.57 Å². The van der Waals surface area contributed by atoms with Crippen LogP contribution in [0.4, 0.5) is 0 Å². The van der Waals surface area contributed by atoms with Crippen LogP contribution < -0.4 is 0 Å². The van der Waals surface area contributed by atoms with E-state index >= 15 is 0 Å². The Kier molecular flexibility index (Phi) is 6.41. The molecular formula is C54H32N4. The van der Waals surface area contributed by atoms with Gasteiger partial charge in [-0.25, -0.2) is 9.97 Å². The predicted molar refractivity (Wildman–Crippen MR) is 241 cm³/mol. The summed E-state index contributed by atoms with van der Waals surface area (Å²) in [7, 11) is 0. The molecule has 58 heavy (non-hydrogen) atoms. The van der Waals surface area contributed by atoms with Crippen LogP contribution in [0.1, 0.15) is 0 Å². The van der Waals surface area contributed by atoms with Crippen LogP contribution in [0.5, 0.6) is 0 Å². The van der Waals surface area contributed by atoms with Gasteiger partial charge in [0.2, 0.25) is 5.95 Å². The van der Waals surface area contributed by atoms with Gasteiger partial charge in [0.05, 0.1) is 33.3 Å². The van der Waals surface area contributed by atoms with E-state index in [9.17, 15) is 0 Å². The van der Waals surface area contributed by atoms with Crippen molar-refractivity contribution in [2.24, 2.45) is 0 Å². The summed E-state index contributed by atoms with van der Waals surface area (Å²) in [4.78, 5) is 10.8. The van der Waals surface area contributed by atoms with E-state index in [1.807, 2.05) is 0 Å². The Morgan fingerprint density at radius 2 is 0.879 bits per heavy atom. The molecule has 1 aliphatic rings. The number of hydrogen-bond acceptors (Lipinski definition) is 2. The quantitative estimate of drug-likeness (QED) is 0.180. The molecule has 0 atom stereocenters. The van der Waals surface area contributed by atoms with Gasteiger partial charge >= 0.3 is 0 Å². The number of aromatic nitrogens is 4. The second kappa shape index (κ2) is 11.8. The molecule has 0 saturated heterocycles. The molecule has 0 saturated carbocycles. The summed E-state index contributed by atoms with van der Waals surface area (Å²) < 4.78 is 4.63. The van der Waals surface area contributed by atoms with Crippen molar-refractivity contribution in [3.63, 3.8) is 0 Å². The lowest BCUT2D eigenvalue weighted by Crippen LogP contribution is -2.03. The van der Waals surface area contributed by atoms with Crippen LogP contribution >= 0.6 is 0 Å². The fraction of sp³-hybridized carbons (Fsp3) is 0. The zero-order chi connectivity index (χ0) is 37.9. The highest BCUT2D eigenvalue weighted by atomic mass is 15.2. The first kappa shape index (κ1) is 31.4. The van der Waals surface area contributed by atoms with E-state index in [1.165, 1.54) is 71.2 Å². The molecule has 1 aliphatic carbocycles. The Balaban J connectivity index is 1.02. The van der Waals surface area contributed by atoms with Gasteiger partial charge in [0.25, 0.3) is 0 Å². The molecule has 4 heteroatoms. The van der Waals surface area contributed by atoms with Crippen LogP contribution in [0.25, 0.3) is 122 Å². The highest BCUT2D eigenvalue weighted by Crippen LogP contribution is 2.49. The fourth-order valence-corrected chi connectivity index (χ4v) is 9.76. The molecule has 268 valence electrons. The standard InChI is InChI=1S/C54H32N4/c1-2-13-35(14-3-1)57-48-23-10-7-17-38(48)40-27-25-34(32-51(40)57)33-26-30-50-46(31-33)39-18-8-11-24-49(39)58(50)54-55-47-22-9-6-19-45(47)53(56-54)44-29-28-43-37-16-5-4-15-36(37)41-20-12-21-42(44)52(41)43/h1-32H. The van der Waals surface area contributed by atoms with Crippen molar-refractivity contribution < 1.29 is 0 Å². The number of benzene rings is 9. The zero-order valence-electron chi connectivity index (χ0n) is 31.3. The SMILES string of the molecule is c1ccc(-n2c3ccccc3c3ccc(-c4ccc5c(c4)c4ccccc4n5-c4nc(-c5ccc6c7c(cccc57)-c5ccccc5-6)c5ccccc5n4)cc32)cc1. The highest BCUT2D eigenvalue weighted by molar-refractivity contribution is 6.20. The number of rotatable bonds is 4. The lowest BCUT2D eigenvalue weighted by molar-refractivity contribution is 1.01. The van der Waals surface area contributed by atoms with Gasteiger partial charge in [-0.15, -0.1) is 0 Å². The van der Waals surface area contributed by atoms with Gasteiger partial charge in [-0.2, -0.15) is 0 Å². The van der Waals surface area contributed by atoms with Crippen molar-refractivity contribution >= 4 is 65.3 Å². The number of nitrogens with zero attached hydrogens (tertiary/aromatic N) is 4. The maximum absolute atomic E-state index is 5.52. The van der Waals surface area contributed by atoms with Gasteiger partial charge in [0.1, 0.15) is 0 Å². The van der Waals surface area contributed by atoms with Gasteiger partial charge in [-0.05, 0) is 92.7 Å². The van der Waals surface area contributed by atoms with Crippen molar-refractivity contribution in [3.05, 3.63) is 194 Å². The first-order chi connectivity index (χ1) is 28.8. The third-order valence-electron chi connectivity index (χ3n) is 12.3. The largest absolute Gasteiger partial charge is 0.309 e. The second-order valence-corrected chi connectivity index (χ2v) is 15.3. The van der Waals surface area contributed by atoms with Gasteiger partial charge in [-0.3, -0.25) is 4.57 Å². The molecule has 4 nitrogen and oxygen atoms in total. The van der Waals surface area contributed by atoms with Crippen LogP contribution in [0.2, 0.25) is 0 Å². The lowest BCUT2D eigenvalue weighted by atomic mass is 9.95. The Labute approximate surface area is 333 Å². The minimum Gasteiger partial charge on any atom is -0.309 e. The summed E-state index contributed by atoms with van der Waals surface area (Å²) in [6, 6.07) is 70.1. The van der Waals surface area contributed by atoms with E-state index in [-0.39, 0.29) is 0 Å². The molecule has 0 spiro atoms. The molecule has 0 radical (unpaired) electrons. The van der Waals surface area contributed by atoms with E-state index in [2.05, 4.69) is 203 Å². The van der Waals surface area contributed by atoms with E-state index in [0.717, 1.165) is 44.4 Å². The summed E-state index contributed by atoms with van der Waals surface area (Å²) in [5, 5.41) is 8.36. The Hall–Kier alpha value is -7.82. The van der Waals surface area contributed by atoms with Crippen molar-refractivity contribution in [2.75, 3.05) is 0 Å². The van der Waals surface area contributed by atoms with Crippen LogP contribution in [0.3, 0.4) is 0 Å². The first-order valence-electron chi connectivity index (χ1n) is 19.8. The van der Waals surface area contributed by atoms with Gasteiger partial charge in [0.15, 0.2) is 0 Å². The Morgan fingerprint density at radius 3 is 1.71 bits per heavy atom. The normalized spacial score (nSPS) is 12.1. The molecule has 13 rings (SSSR count). The molecule has 0 amide bonds. The third-order valence-corrected chi connectivity index (χ3v) is 12.3. The molecule has 0 bridgehead atoms. The third kappa shape index (κ3) is 4.34. The van der Waals surface area contributed by atoms with Gasteiger partial charge in [0, 0.05) is 38.2 Å². The predicted octanol–water partition coefficient (Wildman–Crippen LogP) is 14.0. The summed E-state index contributed by atoms with van der Waals surface area (Å²) in [6.07, 6.45) is 0. The number of hydrogen-bond donors (Lipinski definition) is 0. The molecule has 9 aromatic carbocycles. The van der Waals surface area contributed by atoms with Crippen molar-refractivity contribution in [3.8, 4) is 56.3 Å². The smallest absolute Gasteiger partial charge is 0.235 e. The number of fused-ring (bicyclic) bond motifs is 10. The second-order valence-electron chi connectivity index (χ2n) is 15.3. The average molecular weight is 737 g/mol. The van der Waals surface area contributed by atoms with Crippen LogP contribution in [0.15, 0.2) is 194 Å². The van der Waals surface area contributed by atoms with E-state index < -0.39 is 0 Å².